The molecule has 0 aliphatic carbocycles. The first-order valence-electron chi connectivity index (χ1n) is 10.2. The number of piperidine rings is 1. The lowest BCUT2D eigenvalue weighted by Gasteiger charge is -2.32. The number of nitrogens with zero attached hydrogens (tertiary/aromatic N) is 4. The fourth-order valence-electron chi connectivity index (χ4n) is 3.55. The van der Waals surface area contributed by atoms with Crippen molar-refractivity contribution < 1.29 is 17.9 Å². The summed E-state index contributed by atoms with van der Waals surface area (Å²) in [5.74, 6) is 1.65. The Hall–Kier alpha value is -2.72. The predicted octanol–water partition coefficient (Wildman–Crippen LogP) is 2.07. The van der Waals surface area contributed by atoms with Gasteiger partial charge in [-0.05, 0) is 37.1 Å². The van der Waals surface area contributed by atoms with Crippen LogP contribution >= 0.6 is 0 Å². The number of anilines is 1. The molecule has 1 unspecified atom stereocenters. The molecule has 1 aromatic heterocycles. The van der Waals surface area contributed by atoms with Gasteiger partial charge < -0.3 is 15.0 Å². The van der Waals surface area contributed by atoms with Gasteiger partial charge in [0.2, 0.25) is 15.9 Å². The molecule has 1 amide bonds. The SMILES string of the molecule is CNc1cc(C2CCCN(S(=O)(=O)c3ccc(OC)cc3)C2)nc(CN(C)C(C)=O)n1. The molecule has 1 saturated heterocycles. The molecule has 1 atom stereocenters. The molecule has 2 heterocycles. The van der Waals surface area contributed by atoms with Gasteiger partial charge in [0.05, 0.1) is 24.2 Å². The van der Waals surface area contributed by atoms with Gasteiger partial charge >= 0.3 is 0 Å². The summed E-state index contributed by atoms with van der Waals surface area (Å²) in [5, 5.41) is 3.03. The van der Waals surface area contributed by atoms with Crippen molar-refractivity contribution >= 4 is 21.7 Å². The number of amides is 1. The molecule has 2 aromatic rings. The summed E-state index contributed by atoms with van der Waals surface area (Å²) < 4.78 is 33.0. The second-order valence-corrected chi connectivity index (χ2v) is 9.54. The van der Waals surface area contributed by atoms with Crippen LogP contribution in [0.2, 0.25) is 0 Å². The number of methoxy groups -OCH3 is 1. The number of aromatic nitrogens is 2. The highest BCUT2D eigenvalue weighted by atomic mass is 32.2. The normalized spacial score (nSPS) is 17.2. The van der Waals surface area contributed by atoms with Crippen molar-refractivity contribution in [2.24, 2.45) is 0 Å². The first-order valence-corrected chi connectivity index (χ1v) is 11.6. The van der Waals surface area contributed by atoms with Crippen molar-refractivity contribution in [3.63, 3.8) is 0 Å². The minimum absolute atomic E-state index is 0.0572. The Morgan fingerprint density at radius 2 is 2.00 bits per heavy atom. The molecule has 0 saturated carbocycles. The average molecular weight is 448 g/mol. The number of ether oxygens (including phenoxy) is 1. The average Bonchev–Trinajstić information content (AvgIpc) is 2.78. The number of hydrogen-bond acceptors (Lipinski definition) is 7. The summed E-state index contributed by atoms with van der Waals surface area (Å²) >= 11 is 0. The van der Waals surface area contributed by atoms with E-state index in [1.807, 2.05) is 6.07 Å². The van der Waals surface area contributed by atoms with E-state index in [9.17, 15) is 13.2 Å². The summed E-state index contributed by atoms with van der Waals surface area (Å²) in [6, 6.07) is 8.28. The molecule has 0 bridgehead atoms. The molecule has 31 heavy (non-hydrogen) atoms. The predicted molar refractivity (Wildman–Crippen MR) is 117 cm³/mol. The third kappa shape index (κ3) is 5.31. The Balaban J connectivity index is 1.84. The Labute approximate surface area is 183 Å². The molecule has 168 valence electrons. The van der Waals surface area contributed by atoms with E-state index < -0.39 is 10.0 Å². The first kappa shape index (κ1) is 23.0. The Kier molecular flexibility index (Phi) is 7.11. The largest absolute Gasteiger partial charge is 0.497 e. The van der Waals surface area contributed by atoms with Crippen molar-refractivity contribution in [3.8, 4) is 5.75 Å². The number of nitrogens with one attached hydrogen (secondary N) is 1. The number of carbonyl (C=O) groups excluding carboxylic acids is 1. The van der Waals surface area contributed by atoms with Gasteiger partial charge in [-0.2, -0.15) is 4.31 Å². The fraction of sp³-hybridized carbons (Fsp3) is 0.476. The van der Waals surface area contributed by atoms with E-state index in [2.05, 4.69) is 15.3 Å². The zero-order valence-electron chi connectivity index (χ0n) is 18.3. The van der Waals surface area contributed by atoms with E-state index in [1.54, 1.807) is 50.4 Å². The van der Waals surface area contributed by atoms with E-state index in [1.165, 1.54) is 11.2 Å². The summed E-state index contributed by atoms with van der Waals surface area (Å²) in [7, 11) is 1.39. The monoisotopic (exact) mass is 447 g/mol. The van der Waals surface area contributed by atoms with Crippen LogP contribution < -0.4 is 10.1 Å². The van der Waals surface area contributed by atoms with Crippen LogP contribution in [0.5, 0.6) is 5.75 Å². The molecular formula is C21H29N5O4S. The van der Waals surface area contributed by atoms with Crippen molar-refractivity contribution in [2.75, 3.05) is 39.6 Å². The Bertz CT molecular complexity index is 1030. The quantitative estimate of drug-likeness (QED) is 0.693. The highest BCUT2D eigenvalue weighted by molar-refractivity contribution is 7.89. The van der Waals surface area contributed by atoms with Gasteiger partial charge in [0.25, 0.3) is 0 Å². The van der Waals surface area contributed by atoms with Gasteiger partial charge in [-0.1, -0.05) is 0 Å². The smallest absolute Gasteiger partial charge is 0.243 e. The van der Waals surface area contributed by atoms with E-state index in [0.29, 0.717) is 37.0 Å². The summed E-state index contributed by atoms with van der Waals surface area (Å²) in [4.78, 5) is 22.5. The van der Waals surface area contributed by atoms with Gasteiger partial charge in [-0.15, -0.1) is 0 Å². The first-order chi connectivity index (χ1) is 14.7. The van der Waals surface area contributed by atoms with Crippen molar-refractivity contribution in [1.82, 2.24) is 19.2 Å². The third-order valence-corrected chi connectivity index (χ3v) is 7.34. The van der Waals surface area contributed by atoms with Crippen LogP contribution in [0.4, 0.5) is 5.82 Å². The van der Waals surface area contributed by atoms with Crippen LogP contribution in [-0.4, -0.2) is 67.8 Å². The van der Waals surface area contributed by atoms with Crippen molar-refractivity contribution in [1.29, 1.82) is 0 Å². The maximum Gasteiger partial charge on any atom is 0.243 e. The lowest BCUT2D eigenvalue weighted by Crippen LogP contribution is -2.39. The third-order valence-electron chi connectivity index (χ3n) is 5.46. The lowest BCUT2D eigenvalue weighted by molar-refractivity contribution is -0.128. The van der Waals surface area contributed by atoms with E-state index in [4.69, 9.17) is 4.74 Å². The Morgan fingerprint density at radius 3 is 2.61 bits per heavy atom. The van der Waals surface area contributed by atoms with Crippen LogP contribution in [-0.2, 0) is 21.4 Å². The van der Waals surface area contributed by atoms with Crippen LogP contribution in [0, 0.1) is 0 Å². The van der Waals surface area contributed by atoms with E-state index >= 15 is 0 Å². The zero-order valence-corrected chi connectivity index (χ0v) is 19.1. The highest BCUT2D eigenvalue weighted by Gasteiger charge is 2.32. The summed E-state index contributed by atoms with van der Waals surface area (Å²) in [5.41, 5.74) is 0.779. The Morgan fingerprint density at radius 1 is 1.29 bits per heavy atom. The van der Waals surface area contributed by atoms with Crippen LogP contribution in [0.3, 0.4) is 0 Å². The van der Waals surface area contributed by atoms with Gasteiger partial charge in [0.15, 0.2) is 0 Å². The second-order valence-electron chi connectivity index (χ2n) is 7.60. The molecule has 0 spiro atoms. The number of benzene rings is 1. The molecule has 1 aromatic carbocycles. The summed E-state index contributed by atoms with van der Waals surface area (Å²) in [6.07, 6.45) is 1.57. The van der Waals surface area contributed by atoms with Crippen molar-refractivity contribution in [2.45, 2.75) is 37.1 Å². The number of rotatable bonds is 7. The van der Waals surface area contributed by atoms with Gasteiger partial charge in [-0.3, -0.25) is 4.79 Å². The second kappa shape index (κ2) is 9.61. The van der Waals surface area contributed by atoms with Gasteiger partial charge in [0, 0.05) is 46.1 Å². The van der Waals surface area contributed by atoms with E-state index in [-0.39, 0.29) is 16.7 Å². The van der Waals surface area contributed by atoms with Crippen molar-refractivity contribution in [3.05, 3.63) is 41.9 Å². The topological polar surface area (TPSA) is 105 Å². The molecule has 1 N–H and O–H groups in total. The molecule has 1 aliphatic heterocycles. The molecule has 0 radical (unpaired) electrons. The standard InChI is InChI=1S/C21H29N5O4S/c1-15(27)25(3)14-21-23-19(12-20(22-2)24-21)16-6-5-11-26(13-16)31(28,29)18-9-7-17(30-4)8-10-18/h7-10,12,16H,5-6,11,13-14H2,1-4H3,(H,22,23,24). The molecular weight excluding hydrogens is 418 g/mol. The molecule has 1 aliphatic rings. The molecule has 1 fully saturated rings. The fourth-order valence-corrected chi connectivity index (χ4v) is 5.07. The zero-order chi connectivity index (χ0) is 22.6. The molecule has 9 nitrogen and oxygen atoms in total. The molecule has 10 heteroatoms. The van der Waals surface area contributed by atoms with Crippen LogP contribution in [0.15, 0.2) is 35.2 Å². The highest BCUT2D eigenvalue weighted by Crippen LogP contribution is 2.31. The van der Waals surface area contributed by atoms with Crippen LogP contribution in [0.25, 0.3) is 0 Å². The lowest BCUT2D eigenvalue weighted by atomic mass is 9.96. The van der Waals surface area contributed by atoms with Gasteiger partial charge in [-0.25, -0.2) is 18.4 Å². The van der Waals surface area contributed by atoms with E-state index in [0.717, 1.165) is 18.5 Å². The molecule has 3 rings (SSSR count). The number of hydrogen-bond donors (Lipinski definition) is 1. The maximum atomic E-state index is 13.2. The maximum absolute atomic E-state index is 13.2. The summed E-state index contributed by atoms with van der Waals surface area (Å²) in [6.45, 7) is 2.59. The van der Waals surface area contributed by atoms with Crippen LogP contribution in [0.1, 0.15) is 37.2 Å². The number of carbonyl (C=O) groups is 1. The minimum atomic E-state index is -3.62. The minimum Gasteiger partial charge on any atom is -0.497 e. The van der Waals surface area contributed by atoms with Gasteiger partial charge in [0.1, 0.15) is 17.4 Å². The number of sulfonamides is 1.